The molecule has 0 fully saturated rings. The minimum atomic E-state index is -0.306. The van der Waals surface area contributed by atoms with Crippen LogP contribution >= 0.6 is 0 Å². The fourth-order valence-corrected chi connectivity index (χ4v) is 3.00. The molecule has 2 amide bonds. The SMILES string of the molecule is CCc1cc(N2C(=O)c3ccccc3C2=O)cc(CC)c1C#N. The second-order valence-corrected chi connectivity index (χ2v) is 5.45. The maximum atomic E-state index is 12.6. The van der Waals surface area contributed by atoms with E-state index in [1.54, 1.807) is 36.4 Å². The van der Waals surface area contributed by atoms with Gasteiger partial charge in [0.25, 0.3) is 11.8 Å². The Balaban J connectivity index is 2.16. The van der Waals surface area contributed by atoms with Gasteiger partial charge in [0.15, 0.2) is 0 Å². The lowest BCUT2D eigenvalue weighted by Gasteiger charge is -2.18. The normalized spacial score (nSPS) is 13.2. The van der Waals surface area contributed by atoms with E-state index in [0.29, 0.717) is 35.2 Å². The van der Waals surface area contributed by atoms with Crippen LogP contribution in [0.1, 0.15) is 51.3 Å². The third kappa shape index (κ3) is 2.22. The van der Waals surface area contributed by atoms with E-state index < -0.39 is 0 Å². The molecule has 0 aromatic heterocycles. The van der Waals surface area contributed by atoms with Crippen LogP contribution < -0.4 is 4.90 Å². The highest BCUT2D eigenvalue weighted by molar-refractivity contribution is 6.34. The lowest BCUT2D eigenvalue weighted by atomic mass is 9.97. The molecule has 1 heterocycles. The van der Waals surface area contributed by atoms with Crippen LogP contribution in [0.2, 0.25) is 0 Å². The number of amides is 2. The van der Waals surface area contributed by atoms with Crippen molar-refractivity contribution in [2.75, 3.05) is 4.90 Å². The van der Waals surface area contributed by atoms with Crippen LogP contribution in [-0.4, -0.2) is 11.8 Å². The molecule has 114 valence electrons. The monoisotopic (exact) mass is 304 g/mol. The van der Waals surface area contributed by atoms with E-state index in [9.17, 15) is 14.9 Å². The van der Waals surface area contributed by atoms with Crippen molar-refractivity contribution >= 4 is 17.5 Å². The fraction of sp³-hybridized carbons (Fsp3) is 0.211. The summed E-state index contributed by atoms with van der Waals surface area (Å²) in [5, 5.41) is 9.37. The molecule has 0 bridgehead atoms. The van der Waals surface area contributed by atoms with Crippen LogP contribution in [0.25, 0.3) is 0 Å². The van der Waals surface area contributed by atoms with E-state index in [1.807, 2.05) is 13.8 Å². The van der Waals surface area contributed by atoms with Crippen molar-refractivity contribution in [1.82, 2.24) is 0 Å². The Bertz CT molecular complexity index is 802. The molecule has 4 nitrogen and oxygen atoms in total. The second-order valence-electron chi connectivity index (χ2n) is 5.45. The summed E-state index contributed by atoms with van der Waals surface area (Å²) in [5.41, 5.74) is 3.77. The van der Waals surface area contributed by atoms with E-state index in [-0.39, 0.29) is 11.8 Å². The molecule has 4 heteroatoms. The van der Waals surface area contributed by atoms with Gasteiger partial charge in [-0.1, -0.05) is 26.0 Å². The number of hydrogen-bond donors (Lipinski definition) is 0. The van der Waals surface area contributed by atoms with Crippen LogP contribution in [0.5, 0.6) is 0 Å². The van der Waals surface area contributed by atoms with E-state index >= 15 is 0 Å². The van der Waals surface area contributed by atoms with Gasteiger partial charge in [-0.3, -0.25) is 9.59 Å². The van der Waals surface area contributed by atoms with Gasteiger partial charge in [-0.15, -0.1) is 0 Å². The number of benzene rings is 2. The molecule has 1 aliphatic heterocycles. The molecule has 0 saturated carbocycles. The molecular weight excluding hydrogens is 288 g/mol. The third-order valence-corrected chi connectivity index (χ3v) is 4.21. The van der Waals surface area contributed by atoms with Gasteiger partial charge in [0.1, 0.15) is 0 Å². The molecule has 3 rings (SSSR count). The average Bonchev–Trinajstić information content (AvgIpc) is 2.85. The number of fused-ring (bicyclic) bond motifs is 1. The van der Waals surface area contributed by atoms with Gasteiger partial charge in [-0.25, -0.2) is 4.90 Å². The van der Waals surface area contributed by atoms with Crippen LogP contribution in [0.4, 0.5) is 5.69 Å². The number of rotatable bonds is 3. The highest BCUT2D eigenvalue weighted by Crippen LogP contribution is 2.31. The number of imide groups is 1. The molecule has 0 radical (unpaired) electrons. The van der Waals surface area contributed by atoms with Crippen LogP contribution in [0.3, 0.4) is 0 Å². The van der Waals surface area contributed by atoms with Gasteiger partial charge < -0.3 is 0 Å². The zero-order valence-corrected chi connectivity index (χ0v) is 13.1. The molecular formula is C19H16N2O2. The number of nitriles is 1. The molecule has 1 aliphatic rings. The van der Waals surface area contributed by atoms with Gasteiger partial charge >= 0.3 is 0 Å². The lowest BCUT2D eigenvalue weighted by molar-refractivity contribution is 0.0926. The topological polar surface area (TPSA) is 61.2 Å². The van der Waals surface area contributed by atoms with Crippen molar-refractivity contribution < 1.29 is 9.59 Å². The predicted molar refractivity (Wildman–Crippen MR) is 87.5 cm³/mol. The largest absolute Gasteiger partial charge is 0.268 e. The summed E-state index contributed by atoms with van der Waals surface area (Å²) >= 11 is 0. The van der Waals surface area contributed by atoms with E-state index in [1.165, 1.54) is 4.90 Å². The smallest absolute Gasteiger partial charge is 0.266 e. The Labute approximate surface area is 135 Å². The van der Waals surface area contributed by atoms with Crippen molar-refractivity contribution in [2.45, 2.75) is 26.7 Å². The molecule has 0 atom stereocenters. The van der Waals surface area contributed by atoms with Crippen LogP contribution in [0.15, 0.2) is 36.4 Å². The summed E-state index contributed by atoms with van der Waals surface area (Å²) in [7, 11) is 0. The zero-order chi connectivity index (χ0) is 16.6. The highest BCUT2D eigenvalue weighted by atomic mass is 16.2. The number of hydrogen-bond acceptors (Lipinski definition) is 3. The van der Waals surface area contributed by atoms with E-state index in [2.05, 4.69) is 6.07 Å². The Hall–Kier alpha value is -2.93. The van der Waals surface area contributed by atoms with Crippen LogP contribution in [0, 0.1) is 11.3 Å². The van der Waals surface area contributed by atoms with E-state index in [4.69, 9.17) is 0 Å². The molecule has 2 aromatic carbocycles. The summed E-state index contributed by atoms with van der Waals surface area (Å²) in [4.78, 5) is 26.4. The first kappa shape index (κ1) is 15.0. The Kier molecular flexibility index (Phi) is 3.71. The van der Waals surface area contributed by atoms with Crippen LogP contribution in [-0.2, 0) is 12.8 Å². The Morgan fingerprint density at radius 2 is 1.43 bits per heavy atom. The molecule has 0 saturated heterocycles. The lowest BCUT2D eigenvalue weighted by Crippen LogP contribution is -2.29. The Morgan fingerprint density at radius 3 is 1.83 bits per heavy atom. The zero-order valence-electron chi connectivity index (χ0n) is 13.1. The van der Waals surface area contributed by atoms with Gasteiger partial charge in [-0.05, 0) is 48.2 Å². The first-order chi connectivity index (χ1) is 11.1. The van der Waals surface area contributed by atoms with Crippen molar-refractivity contribution in [2.24, 2.45) is 0 Å². The summed E-state index contributed by atoms with van der Waals surface area (Å²) in [6, 6.07) is 12.6. The van der Waals surface area contributed by atoms with Gasteiger partial charge in [0.05, 0.1) is 28.4 Å². The second kappa shape index (κ2) is 5.69. The summed E-state index contributed by atoms with van der Waals surface area (Å²) in [5.74, 6) is -0.612. The third-order valence-electron chi connectivity index (χ3n) is 4.21. The Morgan fingerprint density at radius 1 is 0.957 bits per heavy atom. The highest BCUT2D eigenvalue weighted by Gasteiger charge is 2.36. The standard InChI is InChI=1S/C19H16N2O2/c1-3-12-9-14(10-13(4-2)17(12)11-20)21-18(22)15-7-5-6-8-16(15)19(21)23/h5-10H,3-4H2,1-2H3. The van der Waals surface area contributed by atoms with Crippen molar-refractivity contribution in [3.8, 4) is 6.07 Å². The minimum absolute atomic E-state index is 0.306. The van der Waals surface area contributed by atoms with Gasteiger partial charge in [0, 0.05) is 0 Å². The average molecular weight is 304 g/mol. The van der Waals surface area contributed by atoms with Crippen molar-refractivity contribution in [3.63, 3.8) is 0 Å². The number of nitrogens with zero attached hydrogens (tertiary/aromatic N) is 2. The number of anilines is 1. The fourth-order valence-electron chi connectivity index (χ4n) is 3.00. The van der Waals surface area contributed by atoms with Crippen molar-refractivity contribution in [3.05, 3.63) is 64.2 Å². The maximum Gasteiger partial charge on any atom is 0.266 e. The predicted octanol–water partition coefficient (Wildman–Crippen LogP) is 3.48. The molecule has 0 spiro atoms. The maximum absolute atomic E-state index is 12.6. The quantitative estimate of drug-likeness (QED) is 0.816. The van der Waals surface area contributed by atoms with Gasteiger partial charge in [-0.2, -0.15) is 5.26 Å². The van der Waals surface area contributed by atoms with Crippen molar-refractivity contribution in [1.29, 1.82) is 5.26 Å². The number of aryl methyl sites for hydroxylation is 2. The number of carbonyl (C=O) groups is 2. The summed E-state index contributed by atoms with van der Waals surface area (Å²) in [6.07, 6.45) is 1.35. The minimum Gasteiger partial charge on any atom is -0.268 e. The summed E-state index contributed by atoms with van der Waals surface area (Å²) < 4.78 is 0. The number of carbonyl (C=O) groups excluding carboxylic acids is 2. The molecule has 2 aromatic rings. The molecule has 0 unspecified atom stereocenters. The molecule has 23 heavy (non-hydrogen) atoms. The van der Waals surface area contributed by atoms with Gasteiger partial charge in [0.2, 0.25) is 0 Å². The summed E-state index contributed by atoms with van der Waals surface area (Å²) in [6.45, 7) is 3.92. The molecule has 0 N–H and O–H groups in total. The van der Waals surface area contributed by atoms with E-state index in [0.717, 1.165) is 11.1 Å². The molecule has 0 aliphatic carbocycles. The first-order valence-electron chi connectivity index (χ1n) is 7.66. The first-order valence-corrected chi connectivity index (χ1v) is 7.66.